The fraction of sp³-hybridized carbons (Fsp3) is 0. The van der Waals surface area contributed by atoms with Crippen LogP contribution in [0.3, 0.4) is 0 Å². The number of nitrogens with one attached hydrogen (secondary N) is 2. The van der Waals surface area contributed by atoms with Crippen LogP contribution >= 0.6 is 23.8 Å². The summed E-state index contributed by atoms with van der Waals surface area (Å²) in [7, 11) is 0. The van der Waals surface area contributed by atoms with Crippen LogP contribution in [-0.4, -0.2) is 15.9 Å². The first kappa shape index (κ1) is 16.8. The van der Waals surface area contributed by atoms with Gasteiger partial charge in [0.1, 0.15) is 11.5 Å². The molecule has 23 heavy (non-hydrogen) atoms. The molecule has 0 aliphatic rings. The number of thiocarbonyl (C=S) groups is 1. The molecule has 0 heterocycles. The van der Waals surface area contributed by atoms with E-state index in [1.54, 1.807) is 0 Å². The number of nitro benzene ring substituents is 1. The zero-order valence-electron chi connectivity index (χ0n) is 11.4. The lowest BCUT2D eigenvalue weighted by molar-refractivity contribution is -0.383. The molecule has 0 saturated heterocycles. The summed E-state index contributed by atoms with van der Waals surface area (Å²) in [4.78, 5) is 22.3. The number of rotatable bonds is 3. The average molecular weight is 354 g/mol. The first-order valence-corrected chi connectivity index (χ1v) is 6.97. The van der Waals surface area contributed by atoms with Crippen LogP contribution in [0, 0.1) is 15.9 Å². The van der Waals surface area contributed by atoms with E-state index in [1.165, 1.54) is 24.3 Å². The number of halogens is 2. The van der Waals surface area contributed by atoms with Gasteiger partial charge in [-0.05, 0) is 48.6 Å². The molecule has 2 N–H and O–H groups in total. The lowest BCUT2D eigenvalue weighted by Gasteiger charge is -2.10. The molecule has 9 heteroatoms. The number of anilines is 1. The predicted molar refractivity (Wildman–Crippen MR) is 88.2 cm³/mol. The van der Waals surface area contributed by atoms with Crippen molar-refractivity contribution < 1.29 is 14.1 Å². The summed E-state index contributed by atoms with van der Waals surface area (Å²) in [5.41, 5.74) is 0.000781. The van der Waals surface area contributed by atoms with Crippen molar-refractivity contribution in [2.45, 2.75) is 0 Å². The van der Waals surface area contributed by atoms with Crippen molar-refractivity contribution in [1.82, 2.24) is 5.32 Å². The van der Waals surface area contributed by atoms with Crippen molar-refractivity contribution in [1.29, 1.82) is 0 Å². The van der Waals surface area contributed by atoms with E-state index in [0.29, 0.717) is 0 Å². The van der Waals surface area contributed by atoms with Crippen LogP contribution in [0.2, 0.25) is 5.02 Å². The third-order valence-corrected chi connectivity index (χ3v) is 3.18. The van der Waals surface area contributed by atoms with Crippen LogP contribution in [0.15, 0.2) is 42.5 Å². The number of carbonyl (C=O) groups excluding carboxylic acids is 1. The Morgan fingerprint density at radius 1 is 1.22 bits per heavy atom. The summed E-state index contributed by atoms with van der Waals surface area (Å²) in [6.07, 6.45) is 0. The Bertz CT molecular complexity index is 783. The number of hydrogen-bond donors (Lipinski definition) is 2. The zero-order chi connectivity index (χ0) is 17.0. The Balaban J connectivity index is 2.09. The van der Waals surface area contributed by atoms with Crippen molar-refractivity contribution in [2.24, 2.45) is 0 Å². The second-order valence-electron chi connectivity index (χ2n) is 4.33. The fourth-order valence-electron chi connectivity index (χ4n) is 1.69. The maximum atomic E-state index is 12.8. The van der Waals surface area contributed by atoms with Crippen molar-refractivity contribution in [3.63, 3.8) is 0 Å². The summed E-state index contributed by atoms with van der Waals surface area (Å²) < 4.78 is 12.8. The molecule has 0 spiro atoms. The molecule has 0 radical (unpaired) electrons. The van der Waals surface area contributed by atoms with Gasteiger partial charge in [-0.3, -0.25) is 20.2 Å². The Labute approximate surface area is 140 Å². The van der Waals surface area contributed by atoms with Crippen LogP contribution in [0.25, 0.3) is 0 Å². The summed E-state index contributed by atoms with van der Waals surface area (Å²) in [6, 6.07) is 8.83. The van der Waals surface area contributed by atoms with Gasteiger partial charge in [-0.15, -0.1) is 0 Å². The smallest absolute Gasteiger partial charge is 0.294 e. The summed E-state index contributed by atoms with van der Waals surface area (Å²) in [5, 5.41) is 15.9. The lowest BCUT2D eigenvalue weighted by atomic mass is 10.2. The van der Waals surface area contributed by atoms with Crippen molar-refractivity contribution in [2.75, 3.05) is 5.32 Å². The predicted octanol–water partition coefficient (Wildman–Crippen LogP) is 3.51. The molecule has 6 nitrogen and oxygen atoms in total. The van der Waals surface area contributed by atoms with E-state index in [-0.39, 0.29) is 27.1 Å². The number of benzene rings is 2. The van der Waals surface area contributed by atoms with Gasteiger partial charge in [-0.1, -0.05) is 11.6 Å². The zero-order valence-corrected chi connectivity index (χ0v) is 13.0. The molecule has 0 atom stereocenters. The summed E-state index contributed by atoms with van der Waals surface area (Å²) in [5.74, 6) is -1.04. The van der Waals surface area contributed by atoms with Crippen LogP contribution in [0.4, 0.5) is 15.8 Å². The van der Waals surface area contributed by atoms with Crippen LogP contribution in [0.1, 0.15) is 10.4 Å². The number of nitro groups is 1. The average Bonchev–Trinajstić information content (AvgIpc) is 2.49. The first-order chi connectivity index (χ1) is 10.9. The quantitative estimate of drug-likeness (QED) is 0.501. The molecule has 2 aromatic rings. The minimum Gasteiger partial charge on any atom is -0.327 e. The molecular formula is C14H9ClFN3O3S. The Hall–Kier alpha value is -2.58. The third-order valence-electron chi connectivity index (χ3n) is 2.74. The highest BCUT2D eigenvalue weighted by Crippen LogP contribution is 2.27. The molecule has 0 bridgehead atoms. The highest BCUT2D eigenvalue weighted by atomic mass is 35.5. The number of nitrogens with zero attached hydrogens (tertiary/aromatic N) is 1. The topological polar surface area (TPSA) is 84.3 Å². The van der Waals surface area contributed by atoms with Gasteiger partial charge in [0.2, 0.25) is 0 Å². The second kappa shape index (κ2) is 7.12. The van der Waals surface area contributed by atoms with Gasteiger partial charge in [0, 0.05) is 16.7 Å². The molecule has 0 aromatic heterocycles. The van der Waals surface area contributed by atoms with E-state index >= 15 is 0 Å². The first-order valence-electron chi connectivity index (χ1n) is 6.18. The highest BCUT2D eigenvalue weighted by molar-refractivity contribution is 7.80. The van der Waals surface area contributed by atoms with Crippen LogP contribution in [0.5, 0.6) is 0 Å². The summed E-state index contributed by atoms with van der Waals surface area (Å²) in [6.45, 7) is 0. The van der Waals surface area contributed by atoms with E-state index in [9.17, 15) is 19.3 Å². The molecule has 1 amide bonds. The van der Waals surface area contributed by atoms with Gasteiger partial charge in [-0.25, -0.2) is 4.39 Å². The molecule has 0 aliphatic heterocycles. The van der Waals surface area contributed by atoms with Crippen molar-refractivity contribution in [3.8, 4) is 0 Å². The van der Waals surface area contributed by atoms with Gasteiger partial charge >= 0.3 is 0 Å². The minimum atomic E-state index is -0.626. The largest absolute Gasteiger partial charge is 0.327 e. The Morgan fingerprint density at radius 3 is 2.48 bits per heavy atom. The third kappa shape index (κ3) is 4.44. The normalized spacial score (nSPS) is 10.0. The van der Waals surface area contributed by atoms with Crippen LogP contribution < -0.4 is 10.6 Å². The maximum absolute atomic E-state index is 12.8. The number of hydrogen-bond acceptors (Lipinski definition) is 4. The monoisotopic (exact) mass is 353 g/mol. The molecule has 118 valence electrons. The second-order valence-corrected chi connectivity index (χ2v) is 5.18. The molecule has 2 aromatic carbocycles. The highest BCUT2D eigenvalue weighted by Gasteiger charge is 2.16. The number of amides is 1. The molecule has 0 aliphatic carbocycles. The lowest BCUT2D eigenvalue weighted by Crippen LogP contribution is -2.34. The standard InChI is InChI=1S/C14H9ClFN3O3S/c15-9-3-6-11(12(7-9)19(21)22)17-14(23)18-13(20)8-1-4-10(16)5-2-8/h1-7H,(H2,17,18,20,23). The van der Waals surface area contributed by atoms with E-state index in [1.807, 2.05) is 0 Å². The van der Waals surface area contributed by atoms with Gasteiger partial charge in [-0.2, -0.15) is 0 Å². The Morgan fingerprint density at radius 2 is 1.87 bits per heavy atom. The Kier molecular flexibility index (Phi) is 5.20. The molecule has 0 saturated carbocycles. The van der Waals surface area contributed by atoms with E-state index in [2.05, 4.69) is 10.6 Å². The minimum absolute atomic E-state index is 0.0869. The van der Waals surface area contributed by atoms with E-state index < -0.39 is 16.6 Å². The number of carbonyl (C=O) groups is 1. The maximum Gasteiger partial charge on any atom is 0.294 e. The molecule has 0 fully saturated rings. The van der Waals surface area contributed by atoms with E-state index in [0.717, 1.165) is 18.2 Å². The van der Waals surface area contributed by atoms with E-state index in [4.69, 9.17) is 23.8 Å². The van der Waals surface area contributed by atoms with Gasteiger partial charge < -0.3 is 5.32 Å². The fourth-order valence-corrected chi connectivity index (χ4v) is 2.06. The van der Waals surface area contributed by atoms with Crippen molar-refractivity contribution in [3.05, 3.63) is 69.0 Å². The van der Waals surface area contributed by atoms with Crippen molar-refractivity contribution >= 4 is 46.2 Å². The van der Waals surface area contributed by atoms with Gasteiger partial charge in [0.25, 0.3) is 11.6 Å². The molecule has 2 rings (SSSR count). The SMILES string of the molecule is O=C(NC(=S)Nc1ccc(Cl)cc1[N+](=O)[O-])c1ccc(F)cc1. The molecular weight excluding hydrogens is 345 g/mol. The van der Waals surface area contributed by atoms with Crippen LogP contribution in [-0.2, 0) is 0 Å². The van der Waals surface area contributed by atoms with Gasteiger partial charge in [0.05, 0.1) is 4.92 Å². The van der Waals surface area contributed by atoms with Gasteiger partial charge in [0.15, 0.2) is 5.11 Å². The summed E-state index contributed by atoms with van der Waals surface area (Å²) >= 11 is 10.7. The molecule has 0 unspecified atom stereocenters.